The van der Waals surface area contributed by atoms with Gasteiger partial charge in [-0.2, -0.15) is 0 Å². The van der Waals surface area contributed by atoms with Crippen molar-refractivity contribution in [2.75, 3.05) is 13.7 Å². The summed E-state index contributed by atoms with van der Waals surface area (Å²) in [5, 5.41) is 2.94. The molecule has 0 aliphatic heterocycles. The number of nitrogens with one attached hydrogen (secondary N) is 1. The van der Waals surface area contributed by atoms with Crippen LogP contribution in [0, 0.1) is 0 Å². The van der Waals surface area contributed by atoms with Crippen LogP contribution in [0.4, 0.5) is 0 Å². The van der Waals surface area contributed by atoms with Crippen LogP contribution < -0.4 is 10.1 Å². The lowest BCUT2D eigenvalue weighted by Crippen LogP contribution is -2.25. The zero-order chi connectivity index (χ0) is 14.9. The summed E-state index contributed by atoms with van der Waals surface area (Å²) in [6.07, 6.45) is 5.60. The number of hydrogen-bond donors (Lipinski definition) is 1. The highest BCUT2D eigenvalue weighted by atomic mass is 16.5. The number of benzene rings is 1. The number of methoxy groups -OCH3 is 1. The van der Waals surface area contributed by atoms with Crippen LogP contribution >= 0.6 is 0 Å². The fourth-order valence-electron chi connectivity index (χ4n) is 2.03. The molecule has 1 aromatic carbocycles. The lowest BCUT2D eigenvalue weighted by atomic mass is 10.1. The van der Waals surface area contributed by atoms with Crippen LogP contribution in [0.1, 0.15) is 17.5 Å². The number of ether oxygens (including phenoxy) is 1. The summed E-state index contributed by atoms with van der Waals surface area (Å²) in [6, 6.07) is 11.7. The molecule has 1 aromatic heterocycles. The molecule has 0 aliphatic rings. The first-order valence-corrected chi connectivity index (χ1v) is 7.06. The molecule has 0 saturated heterocycles. The number of carbonyl (C=O) groups is 1. The van der Waals surface area contributed by atoms with Crippen molar-refractivity contribution >= 4 is 5.91 Å². The molecule has 0 atom stereocenters. The molecule has 0 radical (unpaired) electrons. The van der Waals surface area contributed by atoms with Gasteiger partial charge in [0.2, 0.25) is 5.91 Å². The highest BCUT2D eigenvalue weighted by molar-refractivity contribution is 5.76. The minimum absolute atomic E-state index is 0.0832. The van der Waals surface area contributed by atoms with Crippen molar-refractivity contribution in [2.24, 2.45) is 0 Å². The molecule has 0 saturated carbocycles. The summed E-state index contributed by atoms with van der Waals surface area (Å²) in [4.78, 5) is 15.7. The largest absolute Gasteiger partial charge is 0.497 e. The predicted molar refractivity (Wildman–Crippen MR) is 82.3 cm³/mol. The number of hydrogen-bond acceptors (Lipinski definition) is 3. The van der Waals surface area contributed by atoms with Gasteiger partial charge in [0.25, 0.3) is 0 Å². The average molecular weight is 284 g/mol. The predicted octanol–water partition coefficient (Wildman–Crippen LogP) is 2.38. The third-order valence-electron chi connectivity index (χ3n) is 3.28. The van der Waals surface area contributed by atoms with Gasteiger partial charge in [-0.3, -0.25) is 9.78 Å². The van der Waals surface area contributed by atoms with Gasteiger partial charge >= 0.3 is 0 Å². The first-order valence-electron chi connectivity index (χ1n) is 7.06. The molecular formula is C17H20N2O2. The van der Waals surface area contributed by atoms with Crippen molar-refractivity contribution in [3.05, 3.63) is 59.9 Å². The Morgan fingerprint density at radius 3 is 2.38 bits per heavy atom. The fraction of sp³-hybridized carbons (Fsp3) is 0.294. The first kappa shape index (κ1) is 15.0. The Balaban J connectivity index is 1.67. The summed E-state index contributed by atoms with van der Waals surface area (Å²) >= 11 is 0. The van der Waals surface area contributed by atoms with E-state index in [9.17, 15) is 4.79 Å². The Morgan fingerprint density at radius 2 is 1.71 bits per heavy atom. The number of nitrogens with zero attached hydrogens (tertiary/aromatic N) is 1. The number of carbonyl (C=O) groups excluding carboxylic acids is 1. The molecule has 0 spiro atoms. The maximum Gasteiger partial charge on any atom is 0.220 e. The average Bonchev–Trinajstić information content (AvgIpc) is 2.54. The van der Waals surface area contributed by atoms with Crippen LogP contribution in [0.25, 0.3) is 0 Å². The Bertz CT molecular complexity index is 553. The molecule has 0 aliphatic carbocycles. The van der Waals surface area contributed by atoms with Crippen LogP contribution in [-0.2, 0) is 17.6 Å². The van der Waals surface area contributed by atoms with Crippen LogP contribution in [-0.4, -0.2) is 24.5 Å². The van der Waals surface area contributed by atoms with E-state index < -0.39 is 0 Å². The standard InChI is InChI=1S/C17H20N2O2/c1-21-16-5-2-14(3-6-16)4-7-17(20)19-13-10-15-8-11-18-12-9-15/h2-3,5-6,8-9,11-12H,4,7,10,13H2,1H3,(H,19,20). The summed E-state index contributed by atoms with van der Waals surface area (Å²) < 4.78 is 5.11. The van der Waals surface area contributed by atoms with Crippen molar-refractivity contribution in [3.63, 3.8) is 0 Å². The van der Waals surface area contributed by atoms with Gasteiger partial charge in [0.05, 0.1) is 7.11 Å². The van der Waals surface area contributed by atoms with Gasteiger partial charge < -0.3 is 10.1 Å². The second-order valence-electron chi connectivity index (χ2n) is 4.80. The van der Waals surface area contributed by atoms with Crippen molar-refractivity contribution in [3.8, 4) is 5.75 Å². The Morgan fingerprint density at radius 1 is 1.05 bits per heavy atom. The van der Waals surface area contributed by atoms with Gasteiger partial charge in [0.1, 0.15) is 5.75 Å². The molecule has 1 N–H and O–H groups in total. The SMILES string of the molecule is COc1ccc(CCC(=O)NCCc2ccncc2)cc1. The van der Waals surface area contributed by atoms with Gasteiger partial charge in [0.15, 0.2) is 0 Å². The molecule has 1 amide bonds. The van der Waals surface area contributed by atoms with E-state index in [4.69, 9.17) is 4.74 Å². The summed E-state index contributed by atoms with van der Waals surface area (Å²) in [6.45, 7) is 0.658. The van der Waals surface area contributed by atoms with Gasteiger partial charge in [-0.15, -0.1) is 0 Å². The highest BCUT2D eigenvalue weighted by Crippen LogP contribution is 2.12. The smallest absolute Gasteiger partial charge is 0.220 e. The van der Waals surface area contributed by atoms with Crippen molar-refractivity contribution in [1.29, 1.82) is 0 Å². The lowest BCUT2D eigenvalue weighted by molar-refractivity contribution is -0.121. The minimum atomic E-state index is 0.0832. The molecule has 110 valence electrons. The second-order valence-corrected chi connectivity index (χ2v) is 4.80. The molecule has 2 rings (SSSR count). The summed E-state index contributed by atoms with van der Waals surface area (Å²) in [7, 11) is 1.64. The summed E-state index contributed by atoms with van der Waals surface area (Å²) in [5.41, 5.74) is 2.32. The van der Waals surface area contributed by atoms with E-state index in [1.807, 2.05) is 36.4 Å². The Labute approximate surface area is 125 Å². The molecule has 4 heteroatoms. The zero-order valence-electron chi connectivity index (χ0n) is 12.2. The minimum Gasteiger partial charge on any atom is -0.497 e. The topological polar surface area (TPSA) is 51.2 Å². The number of rotatable bonds is 7. The Kier molecular flexibility index (Phi) is 5.76. The molecule has 2 aromatic rings. The zero-order valence-corrected chi connectivity index (χ0v) is 12.2. The van der Waals surface area contributed by atoms with Crippen molar-refractivity contribution < 1.29 is 9.53 Å². The quantitative estimate of drug-likeness (QED) is 0.849. The van der Waals surface area contributed by atoms with Gasteiger partial charge in [-0.05, 0) is 48.2 Å². The summed E-state index contributed by atoms with van der Waals surface area (Å²) in [5.74, 6) is 0.917. The number of aromatic nitrogens is 1. The van der Waals surface area contributed by atoms with Gasteiger partial charge in [-0.1, -0.05) is 12.1 Å². The number of aryl methyl sites for hydroxylation is 1. The second kappa shape index (κ2) is 8.04. The van der Waals surface area contributed by atoms with E-state index in [0.717, 1.165) is 24.2 Å². The Hall–Kier alpha value is -2.36. The maximum absolute atomic E-state index is 11.8. The van der Waals surface area contributed by atoms with E-state index in [1.54, 1.807) is 19.5 Å². The lowest BCUT2D eigenvalue weighted by Gasteiger charge is -2.06. The van der Waals surface area contributed by atoms with Crippen molar-refractivity contribution in [1.82, 2.24) is 10.3 Å². The van der Waals surface area contributed by atoms with Crippen molar-refractivity contribution in [2.45, 2.75) is 19.3 Å². The first-order chi connectivity index (χ1) is 10.3. The van der Waals surface area contributed by atoms with E-state index in [1.165, 1.54) is 5.56 Å². The molecule has 0 bridgehead atoms. The maximum atomic E-state index is 11.8. The fourth-order valence-corrected chi connectivity index (χ4v) is 2.03. The van der Waals surface area contributed by atoms with E-state index in [2.05, 4.69) is 10.3 Å². The van der Waals surface area contributed by atoms with Crippen LogP contribution in [0.2, 0.25) is 0 Å². The molecule has 21 heavy (non-hydrogen) atoms. The van der Waals surface area contributed by atoms with Gasteiger partial charge in [0, 0.05) is 25.4 Å². The monoisotopic (exact) mass is 284 g/mol. The van der Waals surface area contributed by atoms with Crippen LogP contribution in [0.5, 0.6) is 5.75 Å². The molecule has 0 unspecified atom stereocenters. The normalized spacial score (nSPS) is 10.1. The van der Waals surface area contributed by atoms with Gasteiger partial charge in [-0.25, -0.2) is 0 Å². The number of amides is 1. The van der Waals surface area contributed by atoms with Crippen LogP contribution in [0.3, 0.4) is 0 Å². The molecular weight excluding hydrogens is 264 g/mol. The molecule has 0 fully saturated rings. The van der Waals surface area contributed by atoms with E-state index >= 15 is 0 Å². The third-order valence-corrected chi connectivity index (χ3v) is 3.28. The van der Waals surface area contributed by atoms with E-state index in [-0.39, 0.29) is 5.91 Å². The third kappa shape index (κ3) is 5.26. The van der Waals surface area contributed by atoms with E-state index in [0.29, 0.717) is 13.0 Å². The number of pyridine rings is 1. The van der Waals surface area contributed by atoms with Crippen LogP contribution in [0.15, 0.2) is 48.8 Å². The molecule has 4 nitrogen and oxygen atoms in total. The molecule has 1 heterocycles. The highest BCUT2D eigenvalue weighted by Gasteiger charge is 2.02.